The number of nitrogens with one attached hydrogen (secondary N) is 1. The summed E-state index contributed by atoms with van der Waals surface area (Å²) in [5.74, 6) is 0. The molecule has 1 aromatic carbocycles. The van der Waals surface area contributed by atoms with E-state index in [9.17, 15) is 0 Å². The van der Waals surface area contributed by atoms with Gasteiger partial charge < -0.3 is 5.32 Å². The van der Waals surface area contributed by atoms with Gasteiger partial charge in [0.2, 0.25) is 0 Å². The minimum Gasteiger partial charge on any atom is -0.384 e. The van der Waals surface area contributed by atoms with Crippen molar-refractivity contribution in [2.24, 2.45) is 5.41 Å². The first kappa shape index (κ1) is 10.7. The van der Waals surface area contributed by atoms with Crippen LogP contribution in [0.15, 0.2) is 24.3 Å². The molecule has 0 heterocycles. The first-order valence-corrected chi connectivity index (χ1v) is 6.18. The van der Waals surface area contributed by atoms with Crippen molar-refractivity contribution >= 4 is 28.3 Å². The van der Waals surface area contributed by atoms with E-state index in [2.05, 4.69) is 52.2 Å². The summed E-state index contributed by atoms with van der Waals surface area (Å²) in [6, 6.07) is 10.6. The van der Waals surface area contributed by atoms with Crippen molar-refractivity contribution in [3.63, 3.8) is 0 Å². The molecule has 0 radical (unpaired) electrons. The van der Waals surface area contributed by atoms with Crippen molar-refractivity contribution < 1.29 is 0 Å². The minimum absolute atomic E-state index is 0.274. The highest BCUT2D eigenvalue weighted by molar-refractivity contribution is 14.1. The predicted octanol–water partition coefficient (Wildman–Crippen LogP) is 3.40. The lowest BCUT2D eigenvalue weighted by atomic mass is 10.0. The van der Waals surface area contributed by atoms with Crippen LogP contribution in [0.5, 0.6) is 0 Å². The molecule has 1 aliphatic carbocycles. The van der Waals surface area contributed by atoms with Crippen LogP contribution in [-0.2, 0) is 0 Å². The molecule has 0 aliphatic heterocycles. The van der Waals surface area contributed by atoms with Crippen LogP contribution in [0.3, 0.4) is 0 Å². The first-order chi connectivity index (χ1) is 7.24. The van der Waals surface area contributed by atoms with Crippen molar-refractivity contribution in [3.05, 3.63) is 27.8 Å². The van der Waals surface area contributed by atoms with Gasteiger partial charge in [-0.15, -0.1) is 0 Å². The zero-order valence-corrected chi connectivity index (χ0v) is 10.6. The molecule has 0 atom stereocenters. The molecule has 0 bridgehead atoms. The second-order valence-corrected chi connectivity index (χ2v) is 5.44. The molecule has 15 heavy (non-hydrogen) atoms. The quantitative estimate of drug-likeness (QED) is 0.865. The number of hydrogen-bond donors (Lipinski definition) is 1. The lowest BCUT2D eigenvalue weighted by molar-refractivity contribution is 0.557. The minimum atomic E-state index is 0.274. The Labute approximate surface area is 104 Å². The monoisotopic (exact) mass is 312 g/mol. The van der Waals surface area contributed by atoms with Gasteiger partial charge in [0.05, 0.1) is 6.07 Å². The molecule has 1 saturated carbocycles. The molecule has 1 fully saturated rings. The number of nitriles is 1. The molecular formula is C12H13IN2. The molecule has 2 nitrogen and oxygen atoms in total. The molecule has 0 aromatic heterocycles. The van der Waals surface area contributed by atoms with Crippen molar-refractivity contribution in [2.75, 3.05) is 11.9 Å². The third kappa shape index (κ3) is 2.85. The number of nitrogens with zero attached hydrogens (tertiary/aromatic N) is 1. The second-order valence-electron chi connectivity index (χ2n) is 4.20. The Morgan fingerprint density at radius 2 is 2.27 bits per heavy atom. The summed E-state index contributed by atoms with van der Waals surface area (Å²) in [5.41, 5.74) is 1.43. The van der Waals surface area contributed by atoms with Crippen LogP contribution in [0, 0.1) is 20.3 Å². The fourth-order valence-corrected chi connectivity index (χ4v) is 2.19. The van der Waals surface area contributed by atoms with Crippen LogP contribution in [0.2, 0.25) is 0 Å². The molecule has 1 aromatic rings. The molecule has 78 valence electrons. The number of rotatable bonds is 4. The molecule has 0 amide bonds. The Kier molecular flexibility index (Phi) is 3.15. The summed E-state index contributed by atoms with van der Waals surface area (Å²) in [6.07, 6.45) is 3.07. The van der Waals surface area contributed by atoms with Crippen LogP contribution in [0.25, 0.3) is 0 Å². The van der Waals surface area contributed by atoms with Gasteiger partial charge in [0.25, 0.3) is 0 Å². The highest BCUT2D eigenvalue weighted by atomic mass is 127. The van der Waals surface area contributed by atoms with Crippen molar-refractivity contribution in [1.29, 1.82) is 5.26 Å². The van der Waals surface area contributed by atoms with Gasteiger partial charge in [-0.3, -0.25) is 0 Å². The van der Waals surface area contributed by atoms with E-state index in [-0.39, 0.29) is 5.41 Å². The Morgan fingerprint density at radius 1 is 1.47 bits per heavy atom. The van der Waals surface area contributed by atoms with E-state index in [1.54, 1.807) is 0 Å². The van der Waals surface area contributed by atoms with Gasteiger partial charge in [0.15, 0.2) is 0 Å². The molecule has 0 saturated heterocycles. The average Bonchev–Trinajstić information content (AvgIpc) is 2.97. The van der Waals surface area contributed by atoms with E-state index in [0.29, 0.717) is 6.42 Å². The standard InChI is InChI=1S/C12H13IN2/c13-10-2-1-3-11(8-10)15-9-12(4-5-12)6-7-14/h1-3,8,15H,4-6,9H2. The summed E-state index contributed by atoms with van der Waals surface area (Å²) in [7, 11) is 0. The number of halogens is 1. The average molecular weight is 312 g/mol. The maximum Gasteiger partial charge on any atom is 0.0628 e. The van der Waals surface area contributed by atoms with E-state index in [1.165, 1.54) is 16.4 Å². The summed E-state index contributed by atoms with van der Waals surface area (Å²) in [6.45, 7) is 0.931. The van der Waals surface area contributed by atoms with Crippen molar-refractivity contribution in [1.82, 2.24) is 0 Å². The molecule has 1 aliphatic rings. The topological polar surface area (TPSA) is 35.8 Å². The highest BCUT2D eigenvalue weighted by Crippen LogP contribution is 2.48. The van der Waals surface area contributed by atoms with Crippen LogP contribution in [0.4, 0.5) is 5.69 Å². The van der Waals surface area contributed by atoms with E-state index >= 15 is 0 Å². The summed E-state index contributed by atoms with van der Waals surface area (Å²) in [4.78, 5) is 0. The second kappa shape index (κ2) is 4.40. The largest absolute Gasteiger partial charge is 0.384 e. The molecule has 1 N–H and O–H groups in total. The van der Waals surface area contributed by atoms with Crippen LogP contribution >= 0.6 is 22.6 Å². The van der Waals surface area contributed by atoms with Crippen molar-refractivity contribution in [3.8, 4) is 6.07 Å². The van der Waals surface area contributed by atoms with Gasteiger partial charge in [-0.2, -0.15) is 5.26 Å². The Balaban J connectivity index is 1.91. The van der Waals surface area contributed by atoms with E-state index in [1.807, 2.05) is 6.07 Å². The molecule has 0 spiro atoms. The van der Waals surface area contributed by atoms with Crippen LogP contribution in [-0.4, -0.2) is 6.54 Å². The normalized spacial score (nSPS) is 16.8. The lowest BCUT2D eigenvalue weighted by Crippen LogP contribution is -2.14. The maximum absolute atomic E-state index is 8.70. The van der Waals surface area contributed by atoms with E-state index in [0.717, 1.165) is 12.2 Å². The molecular weight excluding hydrogens is 299 g/mol. The highest BCUT2D eigenvalue weighted by Gasteiger charge is 2.42. The summed E-state index contributed by atoms with van der Waals surface area (Å²) >= 11 is 2.31. The van der Waals surface area contributed by atoms with Crippen molar-refractivity contribution in [2.45, 2.75) is 19.3 Å². The fourth-order valence-electron chi connectivity index (χ4n) is 1.65. The maximum atomic E-state index is 8.70. The predicted molar refractivity (Wildman–Crippen MR) is 69.5 cm³/mol. The zero-order chi connectivity index (χ0) is 10.7. The number of benzene rings is 1. The Hall–Kier alpha value is -0.760. The third-order valence-electron chi connectivity index (χ3n) is 2.90. The molecule has 3 heteroatoms. The van der Waals surface area contributed by atoms with Gasteiger partial charge >= 0.3 is 0 Å². The molecule has 2 rings (SSSR count). The van der Waals surface area contributed by atoms with Gasteiger partial charge in [-0.05, 0) is 53.6 Å². The summed E-state index contributed by atoms with van der Waals surface area (Å²) in [5, 5.41) is 12.1. The zero-order valence-electron chi connectivity index (χ0n) is 8.46. The smallest absolute Gasteiger partial charge is 0.0628 e. The van der Waals surface area contributed by atoms with Gasteiger partial charge in [0.1, 0.15) is 0 Å². The van der Waals surface area contributed by atoms with Crippen LogP contribution < -0.4 is 5.32 Å². The first-order valence-electron chi connectivity index (χ1n) is 5.11. The Morgan fingerprint density at radius 3 is 2.87 bits per heavy atom. The van der Waals surface area contributed by atoms with Crippen LogP contribution in [0.1, 0.15) is 19.3 Å². The number of hydrogen-bond acceptors (Lipinski definition) is 2. The van der Waals surface area contributed by atoms with E-state index in [4.69, 9.17) is 5.26 Å². The fraction of sp³-hybridized carbons (Fsp3) is 0.417. The lowest BCUT2D eigenvalue weighted by Gasteiger charge is -2.13. The Bertz CT molecular complexity index is 391. The summed E-state index contributed by atoms with van der Waals surface area (Å²) < 4.78 is 1.24. The van der Waals surface area contributed by atoms with Gasteiger partial charge in [-0.25, -0.2) is 0 Å². The van der Waals surface area contributed by atoms with E-state index < -0.39 is 0 Å². The number of anilines is 1. The van der Waals surface area contributed by atoms with Gasteiger partial charge in [-0.1, -0.05) is 6.07 Å². The third-order valence-corrected chi connectivity index (χ3v) is 3.57. The molecule has 0 unspecified atom stereocenters. The SMILES string of the molecule is N#CCC1(CNc2cccc(I)c2)CC1. The van der Waals surface area contributed by atoms with Gasteiger partial charge in [0, 0.05) is 27.6 Å².